The molecule has 0 fully saturated rings. The Morgan fingerprint density at radius 3 is 2.57 bits per heavy atom. The molecule has 7 heteroatoms. The van der Waals surface area contributed by atoms with Crippen molar-refractivity contribution >= 4 is 11.6 Å². The van der Waals surface area contributed by atoms with E-state index in [4.69, 9.17) is 0 Å². The minimum atomic E-state index is -0.598. The molecule has 0 radical (unpaired) electrons. The Kier molecular flexibility index (Phi) is 6.08. The molecular weight excluding hydrogens is 274 g/mol. The number of carbonyl (C=O) groups is 1. The van der Waals surface area contributed by atoms with E-state index in [0.29, 0.717) is 5.92 Å². The van der Waals surface area contributed by atoms with Gasteiger partial charge in [-0.05, 0) is 25.7 Å². The fraction of sp³-hybridized carbons (Fsp3) is 0.571. The summed E-state index contributed by atoms with van der Waals surface area (Å²) < 4.78 is 1.04. The standard InChI is InChI=1S/C14H21N3O4/c1-10(2)4-5-11(3)15-13(18)9-16-8-12(17(20)21)6-7-14(16)19/h6-8,10-11H,4-5,9H2,1-3H3,(H,15,18)/t11-/m0/s1. The maximum absolute atomic E-state index is 11.9. The number of hydrogen-bond donors (Lipinski definition) is 1. The van der Waals surface area contributed by atoms with E-state index < -0.39 is 10.5 Å². The first-order valence-corrected chi connectivity index (χ1v) is 6.94. The lowest BCUT2D eigenvalue weighted by Gasteiger charge is -2.15. The predicted molar refractivity (Wildman–Crippen MR) is 79.0 cm³/mol. The normalized spacial score (nSPS) is 12.2. The molecule has 0 aliphatic carbocycles. The van der Waals surface area contributed by atoms with E-state index in [9.17, 15) is 19.7 Å². The maximum Gasteiger partial charge on any atom is 0.285 e. The van der Waals surface area contributed by atoms with E-state index in [1.165, 1.54) is 0 Å². The maximum atomic E-state index is 11.9. The first-order chi connectivity index (χ1) is 9.79. The Morgan fingerprint density at radius 2 is 2.00 bits per heavy atom. The number of rotatable bonds is 7. The lowest BCUT2D eigenvalue weighted by Crippen LogP contribution is -2.37. The van der Waals surface area contributed by atoms with Gasteiger partial charge in [0.15, 0.2) is 0 Å². The van der Waals surface area contributed by atoms with E-state index in [-0.39, 0.29) is 24.2 Å². The highest BCUT2D eigenvalue weighted by Gasteiger charge is 2.12. The smallest absolute Gasteiger partial charge is 0.285 e. The Hall–Kier alpha value is -2.18. The molecule has 1 aromatic rings. The largest absolute Gasteiger partial charge is 0.352 e. The van der Waals surface area contributed by atoms with Crippen molar-refractivity contribution in [3.05, 3.63) is 38.8 Å². The van der Waals surface area contributed by atoms with Crippen LogP contribution in [0.15, 0.2) is 23.1 Å². The lowest BCUT2D eigenvalue weighted by atomic mass is 10.0. The third kappa shape index (κ3) is 5.76. The van der Waals surface area contributed by atoms with Gasteiger partial charge in [-0.25, -0.2) is 0 Å². The number of nitrogens with one attached hydrogen (secondary N) is 1. The summed E-state index contributed by atoms with van der Waals surface area (Å²) in [5.74, 6) is 0.234. The number of nitro groups is 1. The molecular formula is C14H21N3O4. The monoisotopic (exact) mass is 295 g/mol. The van der Waals surface area contributed by atoms with Crippen LogP contribution in [0.5, 0.6) is 0 Å². The molecule has 1 heterocycles. The Balaban J connectivity index is 2.64. The molecule has 0 aliphatic heterocycles. The number of amides is 1. The molecule has 0 unspecified atom stereocenters. The van der Waals surface area contributed by atoms with Gasteiger partial charge in [-0.3, -0.25) is 24.3 Å². The van der Waals surface area contributed by atoms with Crippen LogP contribution < -0.4 is 10.9 Å². The van der Waals surface area contributed by atoms with Crippen LogP contribution in [0.2, 0.25) is 0 Å². The highest BCUT2D eigenvalue weighted by molar-refractivity contribution is 5.76. The lowest BCUT2D eigenvalue weighted by molar-refractivity contribution is -0.385. The van der Waals surface area contributed by atoms with Crippen LogP contribution in [0.1, 0.15) is 33.6 Å². The van der Waals surface area contributed by atoms with Crippen LogP contribution in [0, 0.1) is 16.0 Å². The number of pyridine rings is 1. The summed E-state index contributed by atoms with van der Waals surface area (Å²) in [4.78, 5) is 33.5. The summed E-state index contributed by atoms with van der Waals surface area (Å²) in [5.41, 5.74) is -0.652. The van der Waals surface area contributed by atoms with Gasteiger partial charge < -0.3 is 5.32 Å². The molecule has 0 bridgehead atoms. The summed E-state index contributed by atoms with van der Waals surface area (Å²) in [6, 6.07) is 2.23. The van der Waals surface area contributed by atoms with Gasteiger partial charge in [0.25, 0.3) is 11.2 Å². The topological polar surface area (TPSA) is 94.2 Å². The van der Waals surface area contributed by atoms with Gasteiger partial charge in [0.05, 0.1) is 11.1 Å². The minimum Gasteiger partial charge on any atom is -0.352 e. The second-order valence-electron chi connectivity index (χ2n) is 5.55. The van der Waals surface area contributed by atoms with Crippen LogP contribution in [-0.4, -0.2) is 21.4 Å². The van der Waals surface area contributed by atoms with Crippen molar-refractivity contribution in [2.24, 2.45) is 5.92 Å². The molecule has 0 aromatic carbocycles. The molecule has 1 atom stereocenters. The average molecular weight is 295 g/mol. The zero-order chi connectivity index (χ0) is 16.0. The van der Waals surface area contributed by atoms with Gasteiger partial charge in [-0.1, -0.05) is 13.8 Å². The number of aromatic nitrogens is 1. The molecule has 1 rings (SSSR count). The summed E-state index contributed by atoms with van der Waals surface area (Å²) in [5, 5.41) is 13.5. The Bertz CT molecular complexity index is 566. The van der Waals surface area contributed by atoms with Crippen molar-refractivity contribution in [1.82, 2.24) is 9.88 Å². The van der Waals surface area contributed by atoms with Crippen LogP contribution in [0.4, 0.5) is 5.69 Å². The van der Waals surface area contributed by atoms with E-state index in [1.54, 1.807) is 0 Å². The molecule has 21 heavy (non-hydrogen) atoms. The van der Waals surface area contributed by atoms with Gasteiger partial charge in [-0.15, -0.1) is 0 Å². The zero-order valence-corrected chi connectivity index (χ0v) is 12.5. The summed E-state index contributed by atoms with van der Waals surface area (Å²) >= 11 is 0. The van der Waals surface area contributed by atoms with Gasteiger partial charge in [0.1, 0.15) is 6.54 Å². The molecule has 1 N–H and O–H groups in total. The summed E-state index contributed by atoms with van der Waals surface area (Å²) in [6.45, 7) is 5.90. The third-order valence-electron chi connectivity index (χ3n) is 3.08. The number of hydrogen-bond acceptors (Lipinski definition) is 4. The molecule has 0 saturated carbocycles. The van der Waals surface area contributed by atoms with Gasteiger partial charge in [-0.2, -0.15) is 0 Å². The fourth-order valence-corrected chi connectivity index (χ4v) is 1.88. The molecule has 7 nitrogen and oxygen atoms in total. The minimum absolute atomic E-state index is 0.00861. The average Bonchev–Trinajstić information content (AvgIpc) is 2.38. The van der Waals surface area contributed by atoms with Gasteiger partial charge >= 0.3 is 0 Å². The van der Waals surface area contributed by atoms with Crippen LogP contribution in [-0.2, 0) is 11.3 Å². The molecule has 1 amide bonds. The van der Waals surface area contributed by atoms with Crippen molar-refractivity contribution in [3.63, 3.8) is 0 Å². The third-order valence-corrected chi connectivity index (χ3v) is 3.08. The molecule has 0 aliphatic rings. The molecule has 0 spiro atoms. The number of carbonyl (C=O) groups excluding carboxylic acids is 1. The highest BCUT2D eigenvalue weighted by atomic mass is 16.6. The van der Waals surface area contributed by atoms with E-state index in [0.717, 1.165) is 35.7 Å². The van der Waals surface area contributed by atoms with Crippen LogP contribution in [0.3, 0.4) is 0 Å². The van der Waals surface area contributed by atoms with Crippen molar-refractivity contribution in [2.45, 2.75) is 46.2 Å². The fourth-order valence-electron chi connectivity index (χ4n) is 1.88. The van der Waals surface area contributed by atoms with Crippen molar-refractivity contribution in [2.75, 3.05) is 0 Å². The Morgan fingerprint density at radius 1 is 1.33 bits per heavy atom. The number of nitrogens with zero attached hydrogens (tertiary/aromatic N) is 2. The molecule has 116 valence electrons. The van der Waals surface area contributed by atoms with E-state index in [2.05, 4.69) is 19.2 Å². The van der Waals surface area contributed by atoms with Crippen LogP contribution in [0.25, 0.3) is 0 Å². The summed E-state index contributed by atoms with van der Waals surface area (Å²) in [6.07, 6.45) is 2.94. The van der Waals surface area contributed by atoms with Crippen LogP contribution >= 0.6 is 0 Å². The van der Waals surface area contributed by atoms with Gasteiger partial charge in [0, 0.05) is 18.2 Å². The van der Waals surface area contributed by atoms with Crippen molar-refractivity contribution in [3.8, 4) is 0 Å². The second kappa shape index (κ2) is 7.56. The highest BCUT2D eigenvalue weighted by Crippen LogP contribution is 2.07. The predicted octanol–water partition coefficient (Wildman–Crippen LogP) is 1.70. The molecule has 0 saturated heterocycles. The molecule has 1 aromatic heterocycles. The van der Waals surface area contributed by atoms with E-state index >= 15 is 0 Å². The summed E-state index contributed by atoms with van der Waals surface area (Å²) in [7, 11) is 0. The first kappa shape index (κ1) is 16.9. The first-order valence-electron chi connectivity index (χ1n) is 6.94. The van der Waals surface area contributed by atoms with Crippen molar-refractivity contribution < 1.29 is 9.72 Å². The quantitative estimate of drug-likeness (QED) is 0.612. The SMILES string of the molecule is CC(C)CC[C@H](C)NC(=O)Cn1cc([N+](=O)[O-])ccc1=O. The second-order valence-corrected chi connectivity index (χ2v) is 5.55. The zero-order valence-electron chi connectivity index (χ0n) is 12.5. The van der Waals surface area contributed by atoms with Crippen molar-refractivity contribution in [1.29, 1.82) is 0 Å². The van der Waals surface area contributed by atoms with E-state index in [1.807, 2.05) is 6.92 Å². The Labute approximate surface area is 123 Å². The van der Waals surface area contributed by atoms with Gasteiger partial charge in [0.2, 0.25) is 5.91 Å².